The molecule has 0 aromatic heterocycles. The van der Waals surface area contributed by atoms with Crippen LogP contribution in [-0.4, -0.2) is 156 Å². The quantitative estimate of drug-likeness (QED) is 0.0163. The van der Waals surface area contributed by atoms with Gasteiger partial charge in [0.05, 0.1) is 60.6 Å². The topological polar surface area (TPSA) is 423 Å². The molecule has 2 rings (SSSR count). The lowest BCUT2D eigenvalue weighted by Gasteiger charge is -2.49. The maximum Gasteiger partial charge on any atom is 0.310 e. The fourth-order valence-electron chi connectivity index (χ4n) is 19.2. The van der Waals surface area contributed by atoms with Gasteiger partial charge in [-0.3, -0.25) is 33.6 Å². The monoisotopic (exact) mass is 2030 g/mol. The molecule has 0 spiro atoms. The molecule has 2 amide bonds. The first-order valence-electron chi connectivity index (χ1n) is 57.6. The molecule has 0 unspecified atom stereocenters. The van der Waals surface area contributed by atoms with Gasteiger partial charge in [-0.25, -0.2) is 0 Å². The molecule has 14 atom stereocenters. The molecular weight excluding hydrogens is 1830 g/mol. The van der Waals surface area contributed by atoms with Gasteiger partial charge in [-0.05, 0) is 64.2 Å². The normalized spacial score (nSPS) is 19.3. The summed E-state index contributed by atoms with van der Waals surface area (Å²) in [7, 11) is -12.5. The van der Waals surface area contributed by atoms with Crippen LogP contribution < -0.4 is 30.2 Å². The van der Waals surface area contributed by atoms with Gasteiger partial charge in [0, 0.05) is 19.3 Å². The summed E-state index contributed by atoms with van der Waals surface area (Å²) in [5.41, 5.74) is 0. The molecule has 0 saturated carbocycles. The van der Waals surface area contributed by atoms with E-state index in [1.54, 1.807) is 0 Å². The highest BCUT2D eigenvalue weighted by molar-refractivity contribution is 7.43. The Morgan fingerprint density at radius 3 is 0.843 bits per heavy atom. The minimum absolute atomic E-state index is 0.0526. The van der Waals surface area contributed by atoms with Crippen molar-refractivity contribution in [3.63, 3.8) is 0 Å². The number of hydrogen-bond donors (Lipinski definition) is 5. The second-order valence-electron chi connectivity index (χ2n) is 40.9. The molecule has 140 heavy (non-hydrogen) atoms. The predicted molar refractivity (Wildman–Crippen MR) is 546 cm³/mol. The summed E-state index contributed by atoms with van der Waals surface area (Å²) in [5, 5.41) is 40.9. The van der Waals surface area contributed by atoms with E-state index in [1.807, 2.05) is 0 Å². The molecule has 30 heteroatoms. The number of carbonyl (C=O) groups is 7. The summed E-state index contributed by atoms with van der Waals surface area (Å²) in [6.07, 6.45) is 46.1. The van der Waals surface area contributed by atoms with E-state index in [0.717, 1.165) is 308 Å². The Morgan fingerprint density at radius 1 is 0.300 bits per heavy atom. The second-order valence-corrected chi connectivity index (χ2v) is 43.1. The van der Waals surface area contributed by atoms with Crippen LogP contribution in [0.15, 0.2) is 0 Å². The zero-order chi connectivity index (χ0) is 103. The number of aliphatic hydroxyl groups excluding tert-OH is 3. The maximum absolute atomic E-state index is 15.3. The molecule has 824 valence electrons. The van der Waals surface area contributed by atoms with Crippen molar-refractivity contribution in [2.75, 3.05) is 13.2 Å². The van der Waals surface area contributed by atoms with E-state index in [0.29, 0.717) is 44.9 Å². The van der Waals surface area contributed by atoms with Crippen LogP contribution in [0.2, 0.25) is 0 Å². The minimum Gasteiger partial charge on any atom is -0.790 e. The van der Waals surface area contributed by atoms with Crippen molar-refractivity contribution in [3.8, 4) is 0 Å². The maximum atomic E-state index is 15.3. The fraction of sp³-hybridized carbons (Fsp3) is 0.936. The molecule has 2 fully saturated rings. The number of ether oxygens (including phenoxy) is 8. The summed E-state index contributed by atoms with van der Waals surface area (Å²) < 4.78 is 86.2. The van der Waals surface area contributed by atoms with E-state index < -0.39 is 182 Å². The van der Waals surface area contributed by atoms with Gasteiger partial charge in [-0.15, -0.1) is 0 Å². The van der Waals surface area contributed by atoms with Crippen LogP contribution in [0.3, 0.4) is 0 Å². The number of aliphatic hydroxyl groups is 3. The van der Waals surface area contributed by atoms with E-state index in [-0.39, 0.29) is 44.9 Å². The van der Waals surface area contributed by atoms with Crippen molar-refractivity contribution in [1.82, 2.24) is 10.6 Å². The SMILES string of the molecule is CCCCCCCCCCCCCCCC(=O)O[C@H](CCCCCCCCCCC)CC(=O)N[C@H]1[C@@H](OP(=O)([O-])[O-])O[C@H](CO[C@@H]2O[C@H](CO)[C@@H](OP(=O)([O-])[O-])[C@H](OC(=O)C[C@@H](CCCCCCCCCCC)OC(=O)CCCCCCCCCCCCC)[C@H]2NC(=O)C[C@@H](CCCCCCCCCCC)OC(=O)CCCCCCCCCCC)[C@@H](O)[C@@H]1OC(=O)C[C@H](O)CCCCCCCCCCC. The smallest absolute Gasteiger partial charge is 0.310 e. The number of phosphoric ester groups is 2. The molecule has 0 aliphatic carbocycles. The molecule has 2 aliphatic heterocycles. The highest BCUT2D eigenvalue weighted by Crippen LogP contribution is 2.40. The van der Waals surface area contributed by atoms with Gasteiger partial charge in [0.2, 0.25) is 11.8 Å². The van der Waals surface area contributed by atoms with Gasteiger partial charge in [-0.1, -0.05) is 453 Å². The number of rotatable bonds is 99. The Balaban J connectivity index is 2.93. The number of carbonyl (C=O) groups excluding carboxylic acids is 7. The fourth-order valence-corrected chi connectivity index (χ4v) is 20.2. The summed E-state index contributed by atoms with van der Waals surface area (Å²) >= 11 is 0. The third-order valence-corrected chi connectivity index (χ3v) is 28.6. The molecule has 2 saturated heterocycles. The zero-order valence-corrected chi connectivity index (χ0v) is 91.0. The van der Waals surface area contributed by atoms with Crippen molar-refractivity contribution in [2.24, 2.45) is 0 Å². The highest BCUT2D eigenvalue weighted by Gasteiger charge is 2.54. The van der Waals surface area contributed by atoms with Crippen LogP contribution in [0.25, 0.3) is 0 Å². The summed E-state index contributed by atoms with van der Waals surface area (Å²) in [5.74, 6) is -5.80. The van der Waals surface area contributed by atoms with E-state index in [2.05, 4.69) is 59.1 Å². The first-order valence-corrected chi connectivity index (χ1v) is 60.5. The summed E-state index contributed by atoms with van der Waals surface area (Å²) in [6, 6.07) is -4.09. The van der Waals surface area contributed by atoms with Crippen molar-refractivity contribution in [3.05, 3.63) is 0 Å². The number of unbranched alkanes of at least 4 members (excludes halogenated alkanes) is 62. The molecule has 2 heterocycles. The molecule has 0 aromatic rings. The lowest BCUT2D eigenvalue weighted by Crippen LogP contribution is -2.68. The van der Waals surface area contributed by atoms with E-state index in [1.165, 1.54) is 89.9 Å². The van der Waals surface area contributed by atoms with Crippen LogP contribution in [0.1, 0.15) is 562 Å². The summed E-state index contributed by atoms with van der Waals surface area (Å²) in [6.45, 7) is 12.9. The predicted octanol–water partition coefficient (Wildman–Crippen LogP) is 24.1. The zero-order valence-electron chi connectivity index (χ0n) is 89.2. The van der Waals surface area contributed by atoms with Crippen LogP contribution in [0, 0.1) is 0 Å². The largest absolute Gasteiger partial charge is 0.790 e. The van der Waals surface area contributed by atoms with Gasteiger partial charge in [0.15, 0.2) is 24.8 Å². The lowest BCUT2D eigenvalue weighted by molar-refractivity contribution is -0.364. The standard InChI is InChI=1S/C110H208N2O26P2/c1-8-15-22-29-36-43-45-46-48-55-62-68-75-82-98(117)130-91(78-71-64-57-50-39-32-25-18-11-4)85-96(115)111-103-107(135-101(120)84-90(114)77-70-63-56-49-38-31-24-17-10-3)105(122)95(134-110(103)138-140(126,127)128)89-129-109-104(112-97(116)86-92(79-72-65-58-51-40-33-26-19-12-5)131-99(118)81-74-67-60-53-42-35-28-21-14-7)108(106(94(88-113)133-109)137-139(123,124)125)136-102(121)87-93(80-73-66-59-52-41-34-27-20-13-6)132-100(119)83-76-69-61-54-47-44-37-30-23-16-9-2/h90-95,103-110,113-114,122H,8-89H2,1-7H3,(H,111,115)(H,112,116)(H2,123,124,125)(H2,126,127,128)/p-4/t90-,91-,92-,93-,94-,95-,103-,104-,105-,106-,107-,108-,109-,110-/m1/s1. The van der Waals surface area contributed by atoms with Gasteiger partial charge in [-0.2, -0.15) is 0 Å². The minimum atomic E-state index is -6.26. The van der Waals surface area contributed by atoms with Crippen molar-refractivity contribution < 1.29 is 125 Å². The van der Waals surface area contributed by atoms with Crippen LogP contribution >= 0.6 is 15.6 Å². The van der Waals surface area contributed by atoms with Gasteiger partial charge in [0.25, 0.3) is 0 Å². The Labute approximate surface area is 849 Å². The third kappa shape index (κ3) is 73.4. The average molecular weight is 2030 g/mol. The molecule has 28 nitrogen and oxygen atoms in total. The van der Waals surface area contributed by atoms with Crippen LogP contribution in [0.5, 0.6) is 0 Å². The van der Waals surface area contributed by atoms with Gasteiger partial charge < -0.3 is 102 Å². The third-order valence-electron chi connectivity index (χ3n) is 27.6. The summed E-state index contributed by atoms with van der Waals surface area (Å²) in [4.78, 5) is 154. The van der Waals surface area contributed by atoms with Crippen LogP contribution in [0.4, 0.5) is 0 Å². The van der Waals surface area contributed by atoms with Crippen molar-refractivity contribution in [2.45, 2.75) is 648 Å². The number of esters is 5. The Bertz CT molecular complexity index is 3100. The number of amides is 2. The number of nitrogens with one attached hydrogen (secondary N) is 2. The van der Waals surface area contributed by atoms with Gasteiger partial charge in [0.1, 0.15) is 54.8 Å². The van der Waals surface area contributed by atoms with Crippen molar-refractivity contribution in [1.29, 1.82) is 0 Å². The first kappa shape index (κ1) is 132. The molecule has 2 aliphatic rings. The molecule has 0 radical (unpaired) electrons. The van der Waals surface area contributed by atoms with Crippen molar-refractivity contribution >= 4 is 57.3 Å². The molecule has 0 bridgehead atoms. The van der Waals surface area contributed by atoms with E-state index in [4.69, 9.17) is 46.9 Å². The Morgan fingerprint density at radius 2 is 0.550 bits per heavy atom. The molecular formula is C110H204N2O26P2-4. The van der Waals surface area contributed by atoms with E-state index in [9.17, 15) is 68.0 Å². The van der Waals surface area contributed by atoms with Gasteiger partial charge >= 0.3 is 29.8 Å². The van der Waals surface area contributed by atoms with E-state index >= 15 is 9.59 Å². The molecule has 0 aromatic carbocycles. The molecule has 5 N–H and O–H groups in total. The first-order chi connectivity index (χ1) is 67.7. The average Bonchev–Trinajstić information content (AvgIpc) is 0.778. The lowest BCUT2D eigenvalue weighted by atomic mass is 9.95. The Hall–Kier alpha value is -3.73. The Kier molecular flexibility index (Phi) is 84.4. The number of hydrogen-bond acceptors (Lipinski definition) is 26. The van der Waals surface area contributed by atoms with Crippen LogP contribution in [-0.2, 0) is 89.6 Å². The second kappa shape index (κ2) is 89.3. The highest BCUT2D eigenvalue weighted by atomic mass is 31.2. The number of phosphoric acid groups is 2.